The summed E-state index contributed by atoms with van der Waals surface area (Å²) in [6, 6.07) is 9.99. The van der Waals surface area contributed by atoms with Gasteiger partial charge in [-0.2, -0.15) is 0 Å². The van der Waals surface area contributed by atoms with Gasteiger partial charge in [0.15, 0.2) is 0 Å². The largest absolute Gasteiger partial charge is 0.444 e. The summed E-state index contributed by atoms with van der Waals surface area (Å²) in [5.41, 5.74) is 4.72. The predicted octanol–water partition coefficient (Wildman–Crippen LogP) is 7.56. The number of alkyl carbamates (subject to hydrolysis) is 1. The molecule has 2 rings (SSSR count). The van der Waals surface area contributed by atoms with E-state index in [2.05, 4.69) is 17.6 Å². The molecule has 0 aliphatic carbocycles. The number of rotatable bonds is 12. The van der Waals surface area contributed by atoms with Crippen molar-refractivity contribution >= 4 is 23.6 Å². The molecule has 0 aliphatic heterocycles. The maximum absolute atomic E-state index is 14.4. The number of amides is 3. The van der Waals surface area contributed by atoms with Crippen LogP contribution in [-0.2, 0) is 14.3 Å². The molecule has 0 saturated heterocycles. The number of carbonyl (C=O) groups excluding carboxylic acids is 3. The molecule has 7 nitrogen and oxygen atoms in total. The van der Waals surface area contributed by atoms with E-state index in [0.717, 1.165) is 59.2 Å². The summed E-state index contributed by atoms with van der Waals surface area (Å²) in [7, 11) is 0. The van der Waals surface area contributed by atoms with Crippen LogP contribution in [-0.4, -0.2) is 41.0 Å². The number of para-hydroxylation sites is 1. The smallest absolute Gasteiger partial charge is 0.408 e. The minimum Gasteiger partial charge on any atom is -0.444 e. The molecule has 2 aromatic carbocycles. The van der Waals surface area contributed by atoms with E-state index in [9.17, 15) is 14.4 Å². The highest BCUT2D eigenvalue weighted by Gasteiger charge is 2.38. The van der Waals surface area contributed by atoms with Crippen molar-refractivity contribution in [3.8, 4) is 0 Å². The first kappa shape index (κ1) is 33.9. The molecule has 2 atom stereocenters. The van der Waals surface area contributed by atoms with Gasteiger partial charge in [-0.25, -0.2) is 4.79 Å². The first-order chi connectivity index (χ1) is 19.2. The Morgan fingerprint density at radius 3 is 2.02 bits per heavy atom. The molecule has 7 heteroatoms. The number of nitrogens with one attached hydrogen (secondary N) is 2. The zero-order valence-electron chi connectivity index (χ0n) is 26.8. The summed E-state index contributed by atoms with van der Waals surface area (Å²) < 4.78 is 5.49. The first-order valence-corrected chi connectivity index (χ1v) is 14.9. The lowest BCUT2D eigenvalue weighted by Gasteiger charge is -2.36. The molecule has 0 aliphatic rings. The second-order valence-corrected chi connectivity index (χ2v) is 12.4. The van der Waals surface area contributed by atoms with E-state index in [4.69, 9.17) is 4.74 Å². The van der Waals surface area contributed by atoms with Gasteiger partial charge >= 0.3 is 6.09 Å². The molecule has 2 aromatic rings. The van der Waals surface area contributed by atoms with Crippen molar-refractivity contribution in [1.29, 1.82) is 0 Å². The van der Waals surface area contributed by atoms with Gasteiger partial charge in [-0.1, -0.05) is 76.4 Å². The van der Waals surface area contributed by atoms with Crippen LogP contribution in [0.2, 0.25) is 0 Å². The third-order valence-corrected chi connectivity index (χ3v) is 7.37. The molecular formula is C34H51N3O4. The lowest BCUT2D eigenvalue weighted by Crippen LogP contribution is -2.54. The number of unbranched alkanes of at least 4 members (excludes halogenated alkanes) is 3. The fourth-order valence-corrected chi connectivity index (χ4v) is 4.93. The highest BCUT2D eigenvalue weighted by Crippen LogP contribution is 2.31. The molecule has 0 fully saturated rings. The zero-order valence-corrected chi connectivity index (χ0v) is 26.8. The molecular weight excluding hydrogens is 514 g/mol. The topological polar surface area (TPSA) is 87.7 Å². The number of nitrogens with zero attached hydrogens (tertiary/aromatic N) is 1. The third-order valence-electron chi connectivity index (χ3n) is 7.37. The molecule has 0 saturated carbocycles. The number of carbonyl (C=O) groups is 3. The second kappa shape index (κ2) is 15.0. The van der Waals surface area contributed by atoms with Crippen molar-refractivity contribution < 1.29 is 19.1 Å². The second-order valence-electron chi connectivity index (χ2n) is 12.4. The summed E-state index contributed by atoms with van der Waals surface area (Å²) in [5, 5.41) is 5.97. The number of anilines is 1. The Kier molecular flexibility index (Phi) is 12.4. The average Bonchev–Trinajstić information content (AvgIpc) is 2.87. The van der Waals surface area contributed by atoms with E-state index < -0.39 is 23.8 Å². The van der Waals surface area contributed by atoms with Crippen LogP contribution in [0.15, 0.2) is 36.4 Å². The van der Waals surface area contributed by atoms with E-state index >= 15 is 0 Å². The van der Waals surface area contributed by atoms with E-state index in [1.54, 1.807) is 25.7 Å². The minimum absolute atomic E-state index is 0.228. The number of hydrogen-bond donors (Lipinski definition) is 2. The number of ether oxygens (including phenoxy) is 1. The van der Waals surface area contributed by atoms with Gasteiger partial charge in [0, 0.05) is 12.2 Å². The van der Waals surface area contributed by atoms with Gasteiger partial charge in [0.25, 0.3) is 5.91 Å². The van der Waals surface area contributed by atoms with Gasteiger partial charge in [-0.05, 0) is 88.6 Å². The highest BCUT2D eigenvalue weighted by molar-refractivity contribution is 6.00. The van der Waals surface area contributed by atoms with Crippen LogP contribution < -0.4 is 10.6 Å². The summed E-state index contributed by atoms with van der Waals surface area (Å²) >= 11 is 0. The van der Waals surface area contributed by atoms with Gasteiger partial charge in [0.2, 0.25) is 5.91 Å². The van der Waals surface area contributed by atoms with E-state index in [1.807, 2.05) is 77.9 Å². The molecule has 2 N–H and O–H groups in total. The molecule has 41 heavy (non-hydrogen) atoms. The lowest BCUT2D eigenvalue weighted by atomic mass is 9.93. The molecule has 0 heterocycles. The van der Waals surface area contributed by atoms with Crippen LogP contribution >= 0.6 is 0 Å². The monoisotopic (exact) mass is 565 g/mol. The quantitative estimate of drug-likeness (QED) is 0.260. The average molecular weight is 566 g/mol. The Morgan fingerprint density at radius 1 is 0.878 bits per heavy atom. The Bertz CT molecular complexity index is 1180. The van der Waals surface area contributed by atoms with Gasteiger partial charge < -0.3 is 20.3 Å². The van der Waals surface area contributed by atoms with Gasteiger partial charge in [0.1, 0.15) is 17.7 Å². The normalized spacial score (nSPS) is 13.0. The zero-order chi connectivity index (χ0) is 30.9. The Hall–Kier alpha value is -3.35. The van der Waals surface area contributed by atoms with Crippen LogP contribution in [0, 0.1) is 33.6 Å². The highest BCUT2D eigenvalue weighted by atomic mass is 16.6. The van der Waals surface area contributed by atoms with Gasteiger partial charge in [0.05, 0.1) is 0 Å². The molecule has 2 unspecified atom stereocenters. The SMILES string of the molecule is CCCCCCN(C(=O)C(NC(=O)OC(C)(C)C)C(C)C)C(C(=O)Nc1c(C)cccc1C)c1cccc(C)c1C. The summed E-state index contributed by atoms with van der Waals surface area (Å²) in [5.74, 6) is -0.807. The number of benzene rings is 2. The summed E-state index contributed by atoms with van der Waals surface area (Å²) in [4.78, 5) is 43.2. The van der Waals surface area contributed by atoms with Crippen molar-refractivity contribution in [1.82, 2.24) is 10.2 Å². The van der Waals surface area contributed by atoms with Crippen LogP contribution in [0.3, 0.4) is 0 Å². The van der Waals surface area contributed by atoms with Crippen molar-refractivity contribution in [2.45, 2.75) is 113 Å². The molecule has 3 amide bonds. The van der Waals surface area contributed by atoms with Crippen molar-refractivity contribution in [3.05, 3.63) is 64.2 Å². The van der Waals surface area contributed by atoms with Crippen molar-refractivity contribution in [2.24, 2.45) is 5.92 Å². The molecule has 0 aromatic heterocycles. The van der Waals surface area contributed by atoms with E-state index in [0.29, 0.717) is 6.54 Å². The third kappa shape index (κ3) is 9.61. The predicted molar refractivity (Wildman–Crippen MR) is 167 cm³/mol. The standard InChI is InChI=1S/C34H51N3O4/c1-11-12-13-14-21-37(32(39)28(22(2)3)36-33(40)41-34(8,9)10)30(27-20-16-17-23(4)26(27)7)31(38)35-29-24(5)18-15-19-25(29)6/h15-20,22,28,30H,11-14,21H2,1-10H3,(H,35,38)(H,36,40). The van der Waals surface area contributed by atoms with Gasteiger partial charge in [-0.15, -0.1) is 0 Å². The Labute approximate surface area is 247 Å². The van der Waals surface area contributed by atoms with E-state index in [-0.39, 0.29) is 17.7 Å². The number of aryl methyl sites for hydroxylation is 3. The Morgan fingerprint density at radius 2 is 1.46 bits per heavy atom. The number of hydrogen-bond acceptors (Lipinski definition) is 4. The lowest BCUT2D eigenvalue weighted by molar-refractivity contribution is -0.141. The fourth-order valence-electron chi connectivity index (χ4n) is 4.93. The van der Waals surface area contributed by atoms with Gasteiger partial charge in [-0.3, -0.25) is 9.59 Å². The molecule has 0 bridgehead atoms. The maximum atomic E-state index is 14.4. The molecule has 226 valence electrons. The first-order valence-electron chi connectivity index (χ1n) is 14.9. The minimum atomic E-state index is -0.885. The van der Waals surface area contributed by atoms with Crippen molar-refractivity contribution in [3.63, 3.8) is 0 Å². The molecule has 0 spiro atoms. The molecule has 0 radical (unpaired) electrons. The summed E-state index contributed by atoms with van der Waals surface area (Å²) in [6.45, 7) is 19.6. The maximum Gasteiger partial charge on any atom is 0.408 e. The Balaban J connectivity index is 2.63. The van der Waals surface area contributed by atoms with Crippen molar-refractivity contribution in [2.75, 3.05) is 11.9 Å². The van der Waals surface area contributed by atoms with Crippen LogP contribution in [0.25, 0.3) is 0 Å². The summed E-state index contributed by atoms with van der Waals surface area (Å²) in [6.07, 6.45) is 3.11. The van der Waals surface area contributed by atoms with Crippen LogP contribution in [0.1, 0.15) is 101 Å². The fraction of sp³-hybridized carbons (Fsp3) is 0.559. The van der Waals surface area contributed by atoms with Crippen LogP contribution in [0.4, 0.5) is 10.5 Å². The van der Waals surface area contributed by atoms with E-state index in [1.165, 1.54) is 0 Å². The van der Waals surface area contributed by atoms with Crippen LogP contribution in [0.5, 0.6) is 0 Å².